The number of hydrogen-bond donors (Lipinski definition) is 1. The van der Waals surface area contributed by atoms with Crippen molar-refractivity contribution in [1.82, 2.24) is 5.32 Å². The Morgan fingerprint density at radius 2 is 2.05 bits per heavy atom. The van der Waals surface area contributed by atoms with Gasteiger partial charge in [0.05, 0.1) is 17.6 Å². The van der Waals surface area contributed by atoms with Crippen molar-refractivity contribution in [3.63, 3.8) is 0 Å². The van der Waals surface area contributed by atoms with Gasteiger partial charge in [-0.1, -0.05) is 12.1 Å². The van der Waals surface area contributed by atoms with E-state index in [-0.39, 0.29) is 11.9 Å². The van der Waals surface area contributed by atoms with Gasteiger partial charge in [-0.3, -0.25) is 0 Å². The number of methoxy groups -OCH3 is 1. The normalized spacial score (nSPS) is 12.2. The van der Waals surface area contributed by atoms with Crippen molar-refractivity contribution in [2.24, 2.45) is 0 Å². The SMILES string of the molecule is CNC(c1cccc(I)c1)c1cc(Br)c(F)cc1OC. The molecule has 2 rings (SSSR count). The summed E-state index contributed by atoms with van der Waals surface area (Å²) >= 11 is 5.51. The third-order valence-corrected chi connectivity index (χ3v) is 4.33. The molecule has 1 N–H and O–H groups in total. The van der Waals surface area contributed by atoms with E-state index in [0.717, 1.165) is 14.7 Å². The number of halogens is 3. The molecule has 0 amide bonds. The third kappa shape index (κ3) is 3.32. The minimum atomic E-state index is -0.330. The van der Waals surface area contributed by atoms with E-state index < -0.39 is 0 Å². The van der Waals surface area contributed by atoms with Crippen molar-refractivity contribution >= 4 is 38.5 Å². The first-order valence-corrected chi connectivity index (χ1v) is 7.89. The molecule has 106 valence electrons. The first-order valence-electron chi connectivity index (χ1n) is 6.02. The van der Waals surface area contributed by atoms with E-state index in [1.807, 2.05) is 25.2 Å². The molecule has 0 saturated heterocycles. The summed E-state index contributed by atoms with van der Waals surface area (Å²) in [6.45, 7) is 0. The van der Waals surface area contributed by atoms with Gasteiger partial charge in [0.1, 0.15) is 11.6 Å². The molecule has 0 bridgehead atoms. The van der Waals surface area contributed by atoms with E-state index in [1.165, 1.54) is 6.07 Å². The molecule has 1 unspecified atom stereocenters. The predicted octanol–water partition coefficient (Wildman–Crippen LogP) is 4.51. The van der Waals surface area contributed by atoms with Crippen LogP contribution in [0.4, 0.5) is 4.39 Å². The number of hydrogen-bond acceptors (Lipinski definition) is 2. The first kappa shape index (κ1) is 15.7. The molecule has 0 saturated carbocycles. The van der Waals surface area contributed by atoms with E-state index in [1.54, 1.807) is 13.2 Å². The Labute approximate surface area is 140 Å². The maximum absolute atomic E-state index is 13.6. The van der Waals surface area contributed by atoms with Crippen LogP contribution in [0, 0.1) is 9.39 Å². The van der Waals surface area contributed by atoms with E-state index >= 15 is 0 Å². The Kier molecular flexibility index (Phi) is 5.40. The number of rotatable bonds is 4. The lowest BCUT2D eigenvalue weighted by molar-refractivity contribution is 0.401. The molecule has 0 spiro atoms. The van der Waals surface area contributed by atoms with Crippen molar-refractivity contribution in [3.05, 3.63) is 61.4 Å². The zero-order valence-corrected chi connectivity index (χ0v) is 14.8. The summed E-state index contributed by atoms with van der Waals surface area (Å²) in [5, 5.41) is 3.26. The van der Waals surface area contributed by atoms with Crippen molar-refractivity contribution < 1.29 is 9.13 Å². The van der Waals surface area contributed by atoms with Gasteiger partial charge in [0.15, 0.2) is 0 Å². The van der Waals surface area contributed by atoms with Crippen LogP contribution in [0.1, 0.15) is 17.2 Å². The van der Waals surface area contributed by atoms with Crippen molar-refractivity contribution in [3.8, 4) is 5.75 Å². The maximum atomic E-state index is 13.6. The molecule has 2 nitrogen and oxygen atoms in total. The molecule has 0 heterocycles. The molecular weight excluding hydrogens is 436 g/mol. The second-order valence-corrected chi connectivity index (χ2v) is 6.38. The number of ether oxygens (including phenoxy) is 1. The average molecular weight is 450 g/mol. The Hall–Kier alpha value is -0.660. The Bertz CT molecular complexity index is 621. The number of benzene rings is 2. The fourth-order valence-electron chi connectivity index (χ4n) is 2.13. The minimum Gasteiger partial charge on any atom is -0.496 e. The summed E-state index contributed by atoms with van der Waals surface area (Å²) in [5.41, 5.74) is 2.00. The Morgan fingerprint density at radius 3 is 2.65 bits per heavy atom. The van der Waals surface area contributed by atoms with Gasteiger partial charge in [-0.05, 0) is 69.3 Å². The highest BCUT2D eigenvalue weighted by molar-refractivity contribution is 14.1. The molecule has 2 aromatic carbocycles. The smallest absolute Gasteiger partial charge is 0.141 e. The van der Waals surface area contributed by atoms with Crippen molar-refractivity contribution in [2.45, 2.75) is 6.04 Å². The lowest BCUT2D eigenvalue weighted by Gasteiger charge is -2.20. The highest BCUT2D eigenvalue weighted by Gasteiger charge is 2.19. The second-order valence-electron chi connectivity index (χ2n) is 4.28. The molecular formula is C15H14BrFINO. The van der Waals surface area contributed by atoms with Crippen LogP contribution in [0.2, 0.25) is 0 Å². The standard InChI is InChI=1S/C15H14BrFINO/c1-19-15(9-4-3-5-10(18)6-9)11-7-12(16)13(17)8-14(11)20-2/h3-8,15,19H,1-2H3. The molecule has 20 heavy (non-hydrogen) atoms. The predicted molar refractivity (Wildman–Crippen MR) is 90.7 cm³/mol. The molecule has 0 radical (unpaired) electrons. The monoisotopic (exact) mass is 449 g/mol. The Balaban J connectivity index is 2.54. The molecule has 0 aromatic heterocycles. The van der Waals surface area contributed by atoms with Crippen LogP contribution in [0.15, 0.2) is 40.9 Å². The molecule has 2 aromatic rings. The fourth-order valence-corrected chi connectivity index (χ4v) is 3.06. The quantitative estimate of drug-likeness (QED) is 0.693. The van der Waals surface area contributed by atoms with Crippen LogP contribution >= 0.6 is 38.5 Å². The topological polar surface area (TPSA) is 21.3 Å². The zero-order valence-electron chi connectivity index (χ0n) is 11.1. The van der Waals surface area contributed by atoms with Gasteiger partial charge >= 0.3 is 0 Å². The summed E-state index contributed by atoms with van der Waals surface area (Å²) in [4.78, 5) is 0. The lowest BCUT2D eigenvalue weighted by Crippen LogP contribution is -2.18. The van der Waals surface area contributed by atoms with Gasteiger partial charge in [-0.2, -0.15) is 0 Å². The minimum absolute atomic E-state index is 0.0587. The van der Waals surface area contributed by atoms with Crippen molar-refractivity contribution in [2.75, 3.05) is 14.2 Å². The molecule has 0 aliphatic heterocycles. The molecule has 0 fully saturated rings. The molecule has 0 aliphatic rings. The fraction of sp³-hybridized carbons (Fsp3) is 0.200. The zero-order chi connectivity index (χ0) is 14.7. The van der Waals surface area contributed by atoms with Gasteiger partial charge in [0.25, 0.3) is 0 Å². The van der Waals surface area contributed by atoms with Gasteiger partial charge in [0, 0.05) is 15.2 Å². The van der Waals surface area contributed by atoms with E-state index in [2.05, 4.69) is 49.9 Å². The first-order chi connectivity index (χ1) is 9.56. The van der Waals surface area contributed by atoms with Crippen LogP contribution in [-0.2, 0) is 0 Å². The summed E-state index contributed by atoms with van der Waals surface area (Å²) in [7, 11) is 3.43. The summed E-state index contributed by atoms with van der Waals surface area (Å²) in [6, 6.07) is 11.3. The summed E-state index contributed by atoms with van der Waals surface area (Å²) in [6.07, 6.45) is 0. The third-order valence-electron chi connectivity index (χ3n) is 3.05. The van der Waals surface area contributed by atoms with E-state index in [9.17, 15) is 4.39 Å². The highest BCUT2D eigenvalue weighted by atomic mass is 127. The number of nitrogens with one attached hydrogen (secondary N) is 1. The highest BCUT2D eigenvalue weighted by Crippen LogP contribution is 2.34. The summed E-state index contributed by atoms with van der Waals surface area (Å²) in [5.74, 6) is 0.201. The summed E-state index contributed by atoms with van der Waals surface area (Å²) < 4.78 is 20.5. The van der Waals surface area contributed by atoms with Crippen LogP contribution in [-0.4, -0.2) is 14.2 Å². The largest absolute Gasteiger partial charge is 0.496 e. The van der Waals surface area contributed by atoms with Crippen LogP contribution < -0.4 is 10.1 Å². The average Bonchev–Trinajstić information content (AvgIpc) is 2.43. The van der Waals surface area contributed by atoms with E-state index in [0.29, 0.717) is 10.2 Å². The molecule has 0 aliphatic carbocycles. The van der Waals surface area contributed by atoms with Gasteiger partial charge in [-0.25, -0.2) is 4.39 Å². The molecule has 1 atom stereocenters. The van der Waals surface area contributed by atoms with Gasteiger partial charge < -0.3 is 10.1 Å². The second kappa shape index (κ2) is 6.87. The van der Waals surface area contributed by atoms with Crippen LogP contribution in [0.25, 0.3) is 0 Å². The van der Waals surface area contributed by atoms with Crippen molar-refractivity contribution in [1.29, 1.82) is 0 Å². The van der Waals surface area contributed by atoms with Crippen LogP contribution in [0.3, 0.4) is 0 Å². The van der Waals surface area contributed by atoms with Gasteiger partial charge in [-0.15, -0.1) is 0 Å². The Morgan fingerprint density at radius 1 is 1.30 bits per heavy atom. The van der Waals surface area contributed by atoms with Gasteiger partial charge in [0.2, 0.25) is 0 Å². The maximum Gasteiger partial charge on any atom is 0.141 e. The molecule has 5 heteroatoms. The van der Waals surface area contributed by atoms with Crippen LogP contribution in [0.5, 0.6) is 5.75 Å². The lowest BCUT2D eigenvalue weighted by atomic mass is 9.98. The van der Waals surface area contributed by atoms with E-state index in [4.69, 9.17) is 4.74 Å².